The fourth-order valence-corrected chi connectivity index (χ4v) is 3.34. The van der Waals surface area contributed by atoms with E-state index in [-0.39, 0.29) is 23.7 Å². The van der Waals surface area contributed by atoms with Crippen LogP contribution in [0.15, 0.2) is 35.0 Å². The van der Waals surface area contributed by atoms with E-state index in [1.165, 1.54) is 6.33 Å². The summed E-state index contributed by atoms with van der Waals surface area (Å²) in [5.74, 6) is -0.0349. The summed E-state index contributed by atoms with van der Waals surface area (Å²) in [7, 11) is 1.55. The van der Waals surface area contributed by atoms with Crippen LogP contribution in [-0.4, -0.2) is 47.1 Å². The summed E-state index contributed by atoms with van der Waals surface area (Å²) in [4.78, 5) is 22.2. The third-order valence-electron chi connectivity index (χ3n) is 4.81. The van der Waals surface area contributed by atoms with E-state index in [2.05, 4.69) is 9.97 Å². The van der Waals surface area contributed by atoms with Gasteiger partial charge in [0, 0.05) is 18.4 Å². The molecule has 1 amide bonds. The van der Waals surface area contributed by atoms with E-state index in [4.69, 9.17) is 13.9 Å². The molecule has 3 aromatic rings. The molecule has 0 radical (unpaired) electrons. The fourth-order valence-electron chi connectivity index (χ4n) is 3.34. The maximum absolute atomic E-state index is 14.3. The van der Waals surface area contributed by atoms with Crippen LogP contribution in [0.2, 0.25) is 0 Å². The van der Waals surface area contributed by atoms with Gasteiger partial charge in [-0.15, -0.1) is 0 Å². The molecule has 1 fully saturated rings. The number of halogens is 1. The molecule has 1 atom stereocenters. The molecule has 0 bridgehead atoms. The average molecular weight is 385 g/mol. The first-order valence-electron chi connectivity index (χ1n) is 9.12. The Morgan fingerprint density at radius 3 is 3.04 bits per heavy atom. The second-order valence-corrected chi connectivity index (χ2v) is 6.56. The highest BCUT2D eigenvalue weighted by Gasteiger charge is 2.31. The van der Waals surface area contributed by atoms with Crippen molar-refractivity contribution < 1.29 is 23.1 Å². The van der Waals surface area contributed by atoms with E-state index in [1.807, 2.05) is 19.1 Å². The van der Waals surface area contributed by atoms with Gasteiger partial charge in [0.2, 0.25) is 5.82 Å². The van der Waals surface area contributed by atoms with Gasteiger partial charge in [-0.05, 0) is 18.6 Å². The Morgan fingerprint density at radius 2 is 2.25 bits per heavy atom. The lowest BCUT2D eigenvalue weighted by atomic mass is 10.2. The Labute approximate surface area is 161 Å². The van der Waals surface area contributed by atoms with Gasteiger partial charge in [0.05, 0.1) is 19.3 Å². The van der Waals surface area contributed by atoms with E-state index in [0.29, 0.717) is 43.0 Å². The van der Waals surface area contributed by atoms with E-state index < -0.39 is 5.82 Å². The molecule has 0 spiro atoms. The highest BCUT2D eigenvalue weighted by molar-refractivity contribution is 5.97. The molecule has 1 aliphatic rings. The average Bonchev–Trinajstić information content (AvgIpc) is 3.35. The summed E-state index contributed by atoms with van der Waals surface area (Å²) >= 11 is 0. The zero-order valence-corrected chi connectivity index (χ0v) is 15.6. The Hall–Kier alpha value is -3.16. The number of carbonyl (C=O) groups is 1. The van der Waals surface area contributed by atoms with Crippen LogP contribution in [0.5, 0.6) is 11.6 Å². The van der Waals surface area contributed by atoms with Crippen LogP contribution in [0.25, 0.3) is 11.0 Å². The number of carbonyl (C=O) groups excluding carboxylic acids is 1. The second kappa shape index (κ2) is 7.46. The summed E-state index contributed by atoms with van der Waals surface area (Å²) in [6.07, 6.45) is 1.99. The zero-order valence-electron chi connectivity index (χ0n) is 15.6. The molecule has 146 valence electrons. The molecule has 0 aliphatic carbocycles. The number of nitrogens with zero attached hydrogens (tertiary/aromatic N) is 3. The van der Waals surface area contributed by atoms with Gasteiger partial charge in [-0.1, -0.05) is 19.1 Å². The zero-order chi connectivity index (χ0) is 19.7. The highest BCUT2D eigenvalue weighted by atomic mass is 19.1. The summed E-state index contributed by atoms with van der Waals surface area (Å²) in [6, 6.07) is 7.18. The smallest absolute Gasteiger partial charge is 0.289 e. The first-order valence-corrected chi connectivity index (χ1v) is 9.12. The van der Waals surface area contributed by atoms with Crippen LogP contribution in [0, 0.1) is 5.82 Å². The summed E-state index contributed by atoms with van der Waals surface area (Å²) in [5, 5.41) is 0.796. The Morgan fingerprint density at radius 1 is 1.39 bits per heavy atom. The molecule has 3 heterocycles. The number of fused-ring (bicyclic) bond motifs is 1. The van der Waals surface area contributed by atoms with Gasteiger partial charge in [-0.2, -0.15) is 9.37 Å². The molecule has 8 heteroatoms. The van der Waals surface area contributed by atoms with Crippen molar-refractivity contribution in [3.05, 3.63) is 47.9 Å². The summed E-state index contributed by atoms with van der Waals surface area (Å²) in [5.41, 5.74) is 0.850. The van der Waals surface area contributed by atoms with Gasteiger partial charge in [-0.3, -0.25) is 4.79 Å². The van der Waals surface area contributed by atoms with Crippen molar-refractivity contribution in [2.45, 2.75) is 25.9 Å². The van der Waals surface area contributed by atoms with Crippen LogP contribution in [0.4, 0.5) is 4.39 Å². The van der Waals surface area contributed by atoms with Crippen LogP contribution in [-0.2, 0) is 6.42 Å². The Balaban J connectivity index is 1.48. The van der Waals surface area contributed by atoms with Gasteiger partial charge in [-0.25, -0.2) is 4.98 Å². The maximum atomic E-state index is 14.3. The number of methoxy groups -OCH3 is 1. The van der Waals surface area contributed by atoms with Crippen molar-refractivity contribution in [3.8, 4) is 11.6 Å². The molecule has 7 nitrogen and oxygen atoms in total. The minimum atomic E-state index is -0.542. The summed E-state index contributed by atoms with van der Waals surface area (Å²) < 4.78 is 31.0. The topological polar surface area (TPSA) is 77.7 Å². The lowest BCUT2D eigenvalue weighted by Crippen LogP contribution is -2.30. The molecule has 0 saturated carbocycles. The molecule has 0 N–H and O–H groups in total. The lowest BCUT2D eigenvalue weighted by Gasteiger charge is -2.16. The van der Waals surface area contributed by atoms with Gasteiger partial charge >= 0.3 is 0 Å². The predicted octanol–water partition coefficient (Wildman–Crippen LogP) is 3.23. The van der Waals surface area contributed by atoms with Crippen LogP contribution >= 0.6 is 0 Å². The third kappa shape index (κ3) is 3.26. The Kier molecular flexibility index (Phi) is 4.85. The number of benzene rings is 1. The van der Waals surface area contributed by atoms with E-state index >= 15 is 0 Å². The number of likely N-dealkylation sites (tertiary alicyclic amines) is 1. The van der Waals surface area contributed by atoms with E-state index in [9.17, 15) is 9.18 Å². The number of rotatable bonds is 5. The molecule has 1 aliphatic heterocycles. The van der Waals surface area contributed by atoms with Crippen molar-refractivity contribution in [3.63, 3.8) is 0 Å². The fraction of sp³-hybridized carbons (Fsp3) is 0.350. The van der Waals surface area contributed by atoms with Gasteiger partial charge < -0.3 is 18.8 Å². The highest BCUT2D eigenvalue weighted by Crippen LogP contribution is 2.30. The first-order chi connectivity index (χ1) is 13.6. The number of furan rings is 1. The number of amides is 1. The van der Waals surface area contributed by atoms with Crippen LogP contribution in [0.1, 0.15) is 29.6 Å². The molecule has 28 heavy (non-hydrogen) atoms. The number of aromatic nitrogens is 2. The standard InChI is InChI=1S/C20H20FN3O4/c1-3-14-17(21)19(23-11-22-14)27-13-7-8-24(10-13)20(25)16-9-12-5-4-6-15(26-2)18(12)28-16/h4-6,9,11,13H,3,7-8,10H2,1-2H3/t13-/m1/s1. The van der Waals surface area contributed by atoms with Crippen molar-refractivity contribution in [2.75, 3.05) is 20.2 Å². The molecule has 0 unspecified atom stereocenters. The first kappa shape index (κ1) is 18.2. The van der Waals surface area contributed by atoms with Crippen LogP contribution < -0.4 is 9.47 Å². The minimum Gasteiger partial charge on any atom is -0.493 e. The lowest BCUT2D eigenvalue weighted by molar-refractivity contribution is 0.0741. The van der Waals surface area contributed by atoms with Gasteiger partial charge in [0.15, 0.2) is 17.1 Å². The molecule has 2 aromatic heterocycles. The number of hydrogen-bond acceptors (Lipinski definition) is 6. The van der Waals surface area contributed by atoms with Crippen molar-refractivity contribution in [1.82, 2.24) is 14.9 Å². The SMILES string of the molecule is CCc1ncnc(O[C@@H]2CCN(C(=O)c3cc4cccc(OC)c4o3)C2)c1F. The normalized spacial score (nSPS) is 16.5. The quantitative estimate of drug-likeness (QED) is 0.671. The van der Waals surface area contributed by atoms with Crippen molar-refractivity contribution in [2.24, 2.45) is 0 Å². The van der Waals surface area contributed by atoms with Crippen LogP contribution in [0.3, 0.4) is 0 Å². The number of ether oxygens (including phenoxy) is 2. The third-order valence-corrected chi connectivity index (χ3v) is 4.81. The molecular formula is C20H20FN3O4. The van der Waals surface area contributed by atoms with Crippen molar-refractivity contribution >= 4 is 16.9 Å². The summed E-state index contributed by atoms with van der Waals surface area (Å²) in [6.45, 7) is 2.64. The van der Waals surface area contributed by atoms with Gasteiger partial charge in [0.1, 0.15) is 12.4 Å². The van der Waals surface area contributed by atoms with Gasteiger partial charge in [0.25, 0.3) is 11.8 Å². The second-order valence-electron chi connectivity index (χ2n) is 6.56. The monoisotopic (exact) mass is 385 g/mol. The predicted molar refractivity (Wildman–Crippen MR) is 99.1 cm³/mol. The van der Waals surface area contributed by atoms with E-state index in [1.54, 1.807) is 24.1 Å². The Bertz CT molecular complexity index is 1020. The molecular weight excluding hydrogens is 365 g/mol. The van der Waals surface area contributed by atoms with Crippen molar-refractivity contribution in [1.29, 1.82) is 0 Å². The number of para-hydroxylation sites is 1. The molecule has 4 rings (SSSR count). The number of aryl methyl sites for hydroxylation is 1. The van der Waals surface area contributed by atoms with E-state index in [0.717, 1.165) is 5.39 Å². The largest absolute Gasteiger partial charge is 0.493 e. The minimum absolute atomic E-state index is 0.0698. The molecule has 1 aromatic carbocycles. The molecule has 1 saturated heterocycles. The maximum Gasteiger partial charge on any atom is 0.289 e. The number of hydrogen-bond donors (Lipinski definition) is 0.